The van der Waals surface area contributed by atoms with Gasteiger partial charge in [-0.2, -0.15) is 0 Å². The fourth-order valence-electron chi connectivity index (χ4n) is 3.29. The van der Waals surface area contributed by atoms with Crippen LogP contribution < -0.4 is 0 Å². The summed E-state index contributed by atoms with van der Waals surface area (Å²) in [5, 5.41) is 8.84. The second kappa shape index (κ2) is 5.67. The van der Waals surface area contributed by atoms with Gasteiger partial charge < -0.3 is 10.0 Å². The predicted molar refractivity (Wildman–Crippen MR) is 63.4 cm³/mol. The summed E-state index contributed by atoms with van der Waals surface area (Å²) < 4.78 is 0. The quantitative estimate of drug-likeness (QED) is 0.802. The zero-order valence-corrected chi connectivity index (χ0v) is 10.0. The summed E-state index contributed by atoms with van der Waals surface area (Å²) in [5.74, 6) is -0.233. The molecule has 0 aromatic heterocycles. The maximum atomic E-state index is 10.7. The summed E-state index contributed by atoms with van der Waals surface area (Å²) in [6.45, 7) is 2.22. The normalized spacial score (nSPS) is 29.1. The molecule has 0 bridgehead atoms. The van der Waals surface area contributed by atoms with Crippen molar-refractivity contribution in [1.29, 1.82) is 0 Å². The SMILES string of the molecule is O=C(O)CC1CCCN(C2CCCCC2)C1. The van der Waals surface area contributed by atoms with Crippen LogP contribution in [0, 0.1) is 5.92 Å². The molecule has 2 rings (SSSR count). The Morgan fingerprint density at radius 1 is 1.12 bits per heavy atom. The molecule has 1 aliphatic carbocycles. The molecule has 1 aliphatic heterocycles. The van der Waals surface area contributed by atoms with E-state index in [0.717, 1.165) is 19.0 Å². The van der Waals surface area contributed by atoms with Crippen LogP contribution in [0.25, 0.3) is 0 Å². The third-order valence-electron chi connectivity index (χ3n) is 4.10. The summed E-state index contributed by atoms with van der Waals surface area (Å²) in [6, 6.07) is 0.755. The van der Waals surface area contributed by atoms with Crippen LogP contribution in [0.5, 0.6) is 0 Å². The van der Waals surface area contributed by atoms with Crippen molar-refractivity contribution >= 4 is 5.97 Å². The maximum absolute atomic E-state index is 10.7. The topological polar surface area (TPSA) is 40.5 Å². The average molecular weight is 225 g/mol. The third-order valence-corrected chi connectivity index (χ3v) is 4.10. The molecule has 1 saturated heterocycles. The van der Waals surface area contributed by atoms with Crippen LogP contribution in [-0.4, -0.2) is 35.1 Å². The first-order valence-corrected chi connectivity index (χ1v) is 6.71. The predicted octanol–water partition coefficient (Wildman–Crippen LogP) is 2.51. The largest absolute Gasteiger partial charge is 0.481 e. The standard InChI is InChI=1S/C13H23NO2/c15-13(16)9-11-5-4-8-14(10-11)12-6-2-1-3-7-12/h11-12H,1-10H2,(H,15,16). The first kappa shape index (κ1) is 11.9. The summed E-state index contributed by atoms with van der Waals surface area (Å²) in [6.07, 6.45) is 9.45. The summed E-state index contributed by atoms with van der Waals surface area (Å²) in [5.41, 5.74) is 0. The highest BCUT2D eigenvalue weighted by atomic mass is 16.4. The monoisotopic (exact) mass is 225 g/mol. The molecule has 1 atom stereocenters. The minimum atomic E-state index is -0.629. The highest BCUT2D eigenvalue weighted by molar-refractivity contribution is 5.67. The first-order chi connectivity index (χ1) is 7.75. The van der Waals surface area contributed by atoms with Gasteiger partial charge in [0.1, 0.15) is 0 Å². The van der Waals surface area contributed by atoms with Gasteiger partial charge in [0.25, 0.3) is 0 Å². The smallest absolute Gasteiger partial charge is 0.303 e. The number of nitrogens with zero attached hydrogens (tertiary/aromatic N) is 1. The number of carbonyl (C=O) groups is 1. The molecule has 2 aliphatic rings. The molecule has 2 fully saturated rings. The van der Waals surface area contributed by atoms with E-state index in [4.69, 9.17) is 5.11 Å². The first-order valence-electron chi connectivity index (χ1n) is 6.71. The van der Waals surface area contributed by atoms with Crippen molar-refractivity contribution in [3.63, 3.8) is 0 Å². The summed E-state index contributed by atoms with van der Waals surface area (Å²) >= 11 is 0. The van der Waals surface area contributed by atoms with E-state index in [-0.39, 0.29) is 0 Å². The Morgan fingerprint density at radius 3 is 2.56 bits per heavy atom. The lowest BCUT2D eigenvalue weighted by Gasteiger charge is -2.39. The van der Waals surface area contributed by atoms with Crippen molar-refractivity contribution in [3.8, 4) is 0 Å². The van der Waals surface area contributed by atoms with E-state index in [2.05, 4.69) is 4.90 Å². The Balaban J connectivity index is 1.83. The van der Waals surface area contributed by atoms with Crippen molar-refractivity contribution in [3.05, 3.63) is 0 Å². The zero-order chi connectivity index (χ0) is 11.4. The van der Waals surface area contributed by atoms with Crippen molar-refractivity contribution < 1.29 is 9.90 Å². The number of piperidine rings is 1. The fourth-order valence-corrected chi connectivity index (χ4v) is 3.29. The van der Waals surface area contributed by atoms with Gasteiger partial charge in [-0.15, -0.1) is 0 Å². The molecule has 0 radical (unpaired) electrons. The number of carboxylic acids is 1. The van der Waals surface area contributed by atoms with Gasteiger partial charge in [0.2, 0.25) is 0 Å². The molecular formula is C13H23NO2. The molecule has 1 unspecified atom stereocenters. The molecule has 0 aromatic rings. The van der Waals surface area contributed by atoms with Gasteiger partial charge in [0, 0.05) is 19.0 Å². The van der Waals surface area contributed by atoms with Gasteiger partial charge in [0.15, 0.2) is 0 Å². The molecule has 1 saturated carbocycles. The van der Waals surface area contributed by atoms with Crippen molar-refractivity contribution in [2.75, 3.05) is 13.1 Å². The number of hydrogen-bond donors (Lipinski definition) is 1. The Bertz CT molecular complexity index is 236. The highest BCUT2D eigenvalue weighted by Gasteiger charge is 2.27. The van der Waals surface area contributed by atoms with Crippen LogP contribution >= 0.6 is 0 Å². The minimum Gasteiger partial charge on any atom is -0.481 e. The van der Waals surface area contributed by atoms with E-state index in [1.807, 2.05) is 0 Å². The van der Waals surface area contributed by atoms with Crippen LogP contribution in [0.3, 0.4) is 0 Å². The molecule has 0 aromatic carbocycles. The second-order valence-electron chi connectivity index (χ2n) is 5.39. The summed E-state index contributed by atoms with van der Waals surface area (Å²) in [7, 11) is 0. The van der Waals surface area contributed by atoms with Crippen molar-refractivity contribution in [2.45, 2.75) is 57.4 Å². The number of hydrogen-bond acceptors (Lipinski definition) is 2. The Kier molecular flexibility index (Phi) is 4.22. The minimum absolute atomic E-state index is 0.364. The molecular weight excluding hydrogens is 202 g/mol. The molecule has 1 N–H and O–H groups in total. The van der Waals surface area contributed by atoms with E-state index in [0.29, 0.717) is 12.3 Å². The Morgan fingerprint density at radius 2 is 1.88 bits per heavy atom. The number of aliphatic carboxylic acids is 1. The molecule has 3 heteroatoms. The van der Waals surface area contributed by atoms with Crippen LogP contribution in [0.15, 0.2) is 0 Å². The average Bonchev–Trinajstić information content (AvgIpc) is 2.30. The van der Waals surface area contributed by atoms with Crippen LogP contribution in [-0.2, 0) is 4.79 Å². The lowest BCUT2D eigenvalue weighted by molar-refractivity contribution is -0.138. The van der Waals surface area contributed by atoms with Gasteiger partial charge in [0.05, 0.1) is 0 Å². The molecule has 1 heterocycles. The number of rotatable bonds is 3. The van der Waals surface area contributed by atoms with Gasteiger partial charge in [-0.3, -0.25) is 4.79 Å². The van der Waals surface area contributed by atoms with E-state index < -0.39 is 5.97 Å². The maximum Gasteiger partial charge on any atom is 0.303 e. The highest BCUT2D eigenvalue weighted by Crippen LogP contribution is 2.28. The van der Waals surface area contributed by atoms with Gasteiger partial charge in [-0.05, 0) is 38.1 Å². The second-order valence-corrected chi connectivity index (χ2v) is 5.39. The van der Waals surface area contributed by atoms with Gasteiger partial charge >= 0.3 is 5.97 Å². The lowest BCUT2D eigenvalue weighted by Crippen LogP contribution is -2.43. The van der Waals surface area contributed by atoms with Crippen LogP contribution in [0.2, 0.25) is 0 Å². The van der Waals surface area contributed by atoms with Crippen molar-refractivity contribution in [1.82, 2.24) is 4.90 Å². The summed E-state index contributed by atoms with van der Waals surface area (Å²) in [4.78, 5) is 13.3. The molecule has 3 nitrogen and oxygen atoms in total. The number of carboxylic acid groups (broad SMARTS) is 1. The van der Waals surface area contributed by atoms with E-state index in [9.17, 15) is 4.79 Å². The zero-order valence-electron chi connectivity index (χ0n) is 10.0. The Labute approximate surface area is 97.8 Å². The fraction of sp³-hybridized carbons (Fsp3) is 0.923. The van der Waals surface area contributed by atoms with E-state index >= 15 is 0 Å². The lowest BCUT2D eigenvalue weighted by atomic mass is 9.89. The molecule has 16 heavy (non-hydrogen) atoms. The number of likely N-dealkylation sites (tertiary alicyclic amines) is 1. The third kappa shape index (κ3) is 3.21. The van der Waals surface area contributed by atoms with Gasteiger partial charge in [-0.25, -0.2) is 0 Å². The molecule has 92 valence electrons. The molecule has 0 amide bonds. The molecule has 0 spiro atoms. The van der Waals surface area contributed by atoms with Gasteiger partial charge in [-0.1, -0.05) is 19.3 Å². The van der Waals surface area contributed by atoms with Crippen molar-refractivity contribution in [2.24, 2.45) is 5.92 Å². The van der Waals surface area contributed by atoms with E-state index in [1.165, 1.54) is 45.1 Å². The van der Waals surface area contributed by atoms with E-state index in [1.54, 1.807) is 0 Å². The van der Waals surface area contributed by atoms with Crippen LogP contribution in [0.1, 0.15) is 51.4 Å². The Hall–Kier alpha value is -0.570. The van der Waals surface area contributed by atoms with Crippen LogP contribution in [0.4, 0.5) is 0 Å².